The van der Waals surface area contributed by atoms with Crippen LogP contribution in [0.15, 0.2) is 48.5 Å². The van der Waals surface area contributed by atoms with Gasteiger partial charge in [0, 0.05) is 5.69 Å². The zero-order valence-corrected chi connectivity index (χ0v) is 12.6. The molecule has 1 atom stereocenters. The monoisotopic (exact) mass is 296 g/mol. The number of fused-ring (bicyclic) bond motifs is 1. The summed E-state index contributed by atoms with van der Waals surface area (Å²) < 4.78 is 0. The topological polar surface area (TPSA) is 61.4 Å². The summed E-state index contributed by atoms with van der Waals surface area (Å²) >= 11 is 0. The van der Waals surface area contributed by atoms with Crippen LogP contribution >= 0.6 is 0 Å². The van der Waals surface area contributed by atoms with Crippen LogP contribution in [0.3, 0.4) is 0 Å². The predicted molar refractivity (Wildman–Crippen MR) is 86.9 cm³/mol. The van der Waals surface area contributed by atoms with Crippen LogP contribution in [0.4, 0.5) is 10.5 Å². The second-order valence-corrected chi connectivity index (χ2v) is 5.81. The van der Waals surface area contributed by atoms with Gasteiger partial charge in [0.15, 0.2) is 0 Å². The van der Waals surface area contributed by atoms with E-state index in [-0.39, 0.29) is 12.6 Å². The SMILES string of the molecule is Cc1ccccc1NC(=O)NC[C@@]1(O)CCc2ccccc21. The van der Waals surface area contributed by atoms with Crippen molar-refractivity contribution in [3.63, 3.8) is 0 Å². The van der Waals surface area contributed by atoms with E-state index in [0.29, 0.717) is 6.42 Å². The van der Waals surface area contributed by atoms with E-state index in [2.05, 4.69) is 10.6 Å². The van der Waals surface area contributed by atoms with Gasteiger partial charge in [0.2, 0.25) is 0 Å². The second kappa shape index (κ2) is 5.81. The molecule has 3 N–H and O–H groups in total. The minimum absolute atomic E-state index is 0.210. The molecule has 3 rings (SSSR count). The Morgan fingerprint density at radius 2 is 1.91 bits per heavy atom. The number of urea groups is 1. The van der Waals surface area contributed by atoms with Crippen LogP contribution in [-0.2, 0) is 12.0 Å². The number of aryl methyl sites for hydroxylation is 2. The number of hydrogen-bond donors (Lipinski definition) is 3. The molecular weight excluding hydrogens is 276 g/mol. The molecule has 2 aromatic rings. The predicted octanol–water partition coefficient (Wildman–Crippen LogP) is 2.95. The Hall–Kier alpha value is -2.33. The lowest BCUT2D eigenvalue weighted by molar-refractivity contribution is 0.0417. The molecule has 114 valence electrons. The number of benzene rings is 2. The average Bonchev–Trinajstić information content (AvgIpc) is 2.86. The molecule has 0 fully saturated rings. The Morgan fingerprint density at radius 1 is 1.18 bits per heavy atom. The van der Waals surface area contributed by atoms with Crippen molar-refractivity contribution in [3.05, 3.63) is 65.2 Å². The molecular formula is C18H20N2O2. The fourth-order valence-corrected chi connectivity index (χ4v) is 2.96. The Balaban J connectivity index is 1.63. The Labute approximate surface area is 130 Å². The first-order valence-corrected chi connectivity index (χ1v) is 7.50. The maximum Gasteiger partial charge on any atom is 0.319 e. The quantitative estimate of drug-likeness (QED) is 0.815. The molecule has 2 aromatic carbocycles. The minimum Gasteiger partial charge on any atom is -0.383 e. The lowest BCUT2D eigenvalue weighted by atomic mass is 9.96. The lowest BCUT2D eigenvalue weighted by Crippen LogP contribution is -2.41. The summed E-state index contributed by atoms with van der Waals surface area (Å²) in [5.74, 6) is 0. The number of hydrogen-bond acceptors (Lipinski definition) is 2. The van der Waals surface area contributed by atoms with Crippen LogP contribution in [0.25, 0.3) is 0 Å². The van der Waals surface area contributed by atoms with E-state index < -0.39 is 5.60 Å². The van der Waals surface area contributed by atoms with Gasteiger partial charge in [-0.25, -0.2) is 4.79 Å². The van der Waals surface area contributed by atoms with Crippen LogP contribution < -0.4 is 10.6 Å². The zero-order chi connectivity index (χ0) is 15.6. The molecule has 1 aliphatic carbocycles. The average molecular weight is 296 g/mol. The summed E-state index contributed by atoms with van der Waals surface area (Å²) in [4.78, 5) is 12.0. The maximum absolute atomic E-state index is 12.0. The summed E-state index contributed by atoms with van der Waals surface area (Å²) in [7, 11) is 0. The molecule has 0 aliphatic heterocycles. The largest absolute Gasteiger partial charge is 0.383 e. The number of carbonyl (C=O) groups excluding carboxylic acids is 1. The van der Waals surface area contributed by atoms with Gasteiger partial charge in [-0.3, -0.25) is 0 Å². The summed E-state index contributed by atoms with van der Waals surface area (Å²) in [5.41, 5.74) is 2.89. The molecule has 0 unspecified atom stereocenters. The molecule has 4 nitrogen and oxygen atoms in total. The number of rotatable bonds is 3. The molecule has 0 saturated heterocycles. The normalized spacial score (nSPS) is 19.5. The molecule has 1 aliphatic rings. The van der Waals surface area contributed by atoms with Gasteiger partial charge in [-0.1, -0.05) is 42.5 Å². The van der Waals surface area contributed by atoms with Crippen LogP contribution in [0, 0.1) is 6.92 Å². The number of aliphatic hydroxyl groups is 1. The third-order valence-electron chi connectivity index (χ3n) is 4.26. The molecule has 0 radical (unpaired) electrons. The van der Waals surface area contributed by atoms with Crippen molar-refractivity contribution in [3.8, 4) is 0 Å². The smallest absolute Gasteiger partial charge is 0.319 e. The summed E-state index contributed by atoms with van der Waals surface area (Å²) in [5, 5.41) is 16.4. The van der Waals surface area contributed by atoms with E-state index in [9.17, 15) is 9.90 Å². The van der Waals surface area contributed by atoms with Gasteiger partial charge in [0.1, 0.15) is 5.60 Å². The molecule has 0 aromatic heterocycles. The van der Waals surface area contributed by atoms with Crippen LogP contribution in [0.5, 0.6) is 0 Å². The van der Waals surface area contributed by atoms with E-state index in [1.54, 1.807) is 0 Å². The standard InChI is InChI=1S/C18H20N2O2/c1-13-6-2-5-9-16(13)20-17(21)19-12-18(22)11-10-14-7-3-4-8-15(14)18/h2-9,22H,10-12H2,1H3,(H2,19,20,21)/t18-/m0/s1. The molecule has 22 heavy (non-hydrogen) atoms. The highest BCUT2D eigenvalue weighted by atomic mass is 16.3. The highest BCUT2D eigenvalue weighted by Crippen LogP contribution is 2.36. The fourth-order valence-electron chi connectivity index (χ4n) is 2.96. The van der Waals surface area contributed by atoms with E-state index in [1.807, 2.05) is 55.5 Å². The highest BCUT2D eigenvalue weighted by molar-refractivity contribution is 5.90. The van der Waals surface area contributed by atoms with Crippen LogP contribution in [0.1, 0.15) is 23.1 Å². The second-order valence-electron chi connectivity index (χ2n) is 5.81. The summed E-state index contributed by atoms with van der Waals surface area (Å²) in [6, 6.07) is 15.2. The summed E-state index contributed by atoms with van der Waals surface area (Å²) in [6.45, 7) is 2.15. The molecule has 0 saturated carbocycles. The van der Waals surface area contributed by atoms with E-state index >= 15 is 0 Å². The first-order valence-electron chi connectivity index (χ1n) is 7.50. The first-order chi connectivity index (χ1) is 10.6. The number of carbonyl (C=O) groups is 1. The Morgan fingerprint density at radius 3 is 2.73 bits per heavy atom. The van der Waals surface area contributed by atoms with E-state index in [0.717, 1.165) is 28.8 Å². The Bertz CT molecular complexity index is 699. The number of amides is 2. The number of anilines is 1. The Kier molecular flexibility index (Phi) is 3.86. The third-order valence-corrected chi connectivity index (χ3v) is 4.26. The maximum atomic E-state index is 12.0. The van der Waals surface area contributed by atoms with Crippen molar-refractivity contribution in [1.29, 1.82) is 0 Å². The van der Waals surface area contributed by atoms with Crippen molar-refractivity contribution in [2.45, 2.75) is 25.4 Å². The number of para-hydroxylation sites is 1. The van der Waals surface area contributed by atoms with Crippen LogP contribution in [0.2, 0.25) is 0 Å². The van der Waals surface area contributed by atoms with Gasteiger partial charge in [0.05, 0.1) is 6.54 Å². The van der Waals surface area contributed by atoms with Gasteiger partial charge in [-0.15, -0.1) is 0 Å². The van der Waals surface area contributed by atoms with Gasteiger partial charge in [-0.05, 0) is 42.5 Å². The first kappa shape index (κ1) is 14.6. The molecule has 0 heterocycles. The van der Waals surface area contributed by atoms with Crippen molar-refractivity contribution in [2.75, 3.05) is 11.9 Å². The summed E-state index contributed by atoms with van der Waals surface area (Å²) in [6.07, 6.45) is 1.48. The molecule has 0 bridgehead atoms. The molecule has 0 spiro atoms. The van der Waals surface area contributed by atoms with Crippen molar-refractivity contribution in [1.82, 2.24) is 5.32 Å². The van der Waals surface area contributed by atoms with Gasteiger partial charge in [-0.2, -0.15) is 0 Å². The number of nitrogens with one attached hydrogen (secondary N) is 2. The van der Waals surface area contributed by atoms with Crippen LogP contribution in [-0.4, -0.2) is 17.7 Å². The van der Waals surface area contributed by atoms with Crippen molar-refractivity contribution < 1.29 is 9.90 Å². The van der Waals surface area contributed by atoms with Gasteiger partial charge >= 0.3 is 6.03 Å². The molecule has 2 amide bonds. The molecule has 4 heteroatoms. The van der Waals surface area contributed by atoms with Gasteiger partial charge < -0.3 is 15.7 Å². The minimum atomic E-state index is -0.973. The van der Waals surface area contributed by atoms with E-state index in [4.69, 9.17) is 0 Å². The van der Waals surface area contributed by atoms with E-state index in [1.165, 1.54) is 0 Å². The van der Waals surface area contributed by atoms with Gasteiger partial charge in [0.25, 0.3) is 0 Å². The highest BCUT2D eigenvalue weighted by Gasteiger charge is 2.36. The van der Waals surface area contributed by atoms with Crippen molar-refractivity contribution >= 4 is 11.7 Å². The zero-order valence-electron chi connectivity index (χ0n) is 12.6. The fraction of sp³-hybridized carbons (Fsp3) is 0.278. The van der Waals surface area contributed by atoms with Crippen molar-refractivity contribution in [2.24, 2.45) is 0 Å². The third kappa shape index (κ3) is 2.83. The lowest BCUT2D eigenvalue weighted by Gasteiger charge is -2.24.